The molecule has 15 heteroatoms. The number of amidine groups is 1. The van der Waals surface area contributed by atoms with Gasteiger partial charge in [-0.15, -0.1) is 5.10 Å². The summed E-state index contributed by atoms with van der Waals surface area (Å²) in [6, 6.07) is 11.0. The molecule has 2 aromatic carbocycles. The van der Waals surface area contributed by atoms with E-state index < -0.39 is 43.3 Å². The lowest BCUT2D eigenvalue weighted by atomic mass is 10.0. The number of ether oxygens (including phenoxy) is 2. The lowest BCUT2D eigenvalue weighted by Crippen LogP contribution is -2.18. The van der Waals surface area contributed by atoms with Crippen molar-refractivity contribution in [3.8, 4) is 17.3 Å². The Labute approximate surface area is 231 Å². The third-order valence-electron chi connectivity index (χ3n) is 5.72. The fraction of sp³-hybridized carbons (Fsp3) is 0.192. The van der Waals surface area contributed by atoms with Crippen LogP contribution in [0.2, 0.25) is 0 Å². The highest BCUT2D eigenvalue weighted by Crippen LogP contribution is 2.35. The summed E-state index contributed by atoms with van der Waals surface area (Å²) in [5.41, 5.74) is 12.2. The molecule has 2 aromatic heterocycles. The molecule has 41 heavy (non-hydrogen) atoms. The molecule has 0 saturated carbocycles. The zero-order valence-corrected chi connectivity index (χ0v) is 21.7. The number of carboxylic acid groups (broad SMARTS) is 1. The highest BCUT2D eigenvalue weighted by Gasteiger charge is 2.27. The number of halogens is 2. The lowest BCUT2D eigenvalue weighted by Gasteiger charge is -2.21. The van der Waals surface area contributed by atoms with Gasteiger partial charge in [-0.2, -0.15) is 4.68 Å². The molecule has 7 N–H and O–H groups in total. The molecule has 0 saturated heterocycles. The van der Waals surface area contributed by atoms with Crippen LogP contribution in [0.15, 0.2) is 64.5 Å². The maximum Gasteiger partial charge on any atom is 0.349 e. The van der Waals surface area contributed by atoms with Gasteiger partial charge >= 0.3 is 11.7 Å². The molecule has 0 fully saturated rings. The van der Waals surface area contributed by atoms with E-state index in [1.165, 1.54) is 25.4 Å². The SMILES string of the molecule is COc1cc(OCCF)c(F)c([C@H](Nc2ccc(/C(N)=N\CC(=O)O)cc2)c2nn(-c3ncccc3N)c(=O)[nH]2)c1. The summed E-state index contributed by atoms with van der Waals surface area (Å²) in [5, 5.41) is 16.3. The number of aliphatic carboxylic acids is 1. The van der Waals surface area contributed by atoms with Gasteiger partial charge in [0.1, 0.15) is 37.5 Å². The fourth-order valence-electron chi connectivity index (χ4n) is 3.82. The third kappa shape index (κ3) is 6.58. The van der Waals surface area contributed by atoms with Crippen LogP contribution in [0.4, 0.5) is 20.2 Å². The molecule has 2 heterocycles. The number of nitrogens with two attached hydrogens (primary N) is 2. The number of rotatable bonds is 12. The van der Waals surface area contributed by atoms with Crippen LogP contribution < -0.4 is 31.9 Å². The predicted molar refractivity (Wildman–Crippen MR) is 146 cm³/mol. The summed E-state index contributed by atoms with van der Waals surface area (Å²) in [7, 11) is 1.37. The highest BCUT2D eigenvalue weighted by molar-refractivity contribution is 5.98. The molecule has 4 rings (SSSR count). The number of nitrogens with one attached hydrogen (secondary N) is 2. The standard InChI is InChI=1S/C26H26F2N8O5/c1-40-16-11-17(21(28)19(12-16)41-10-8-27)22(24-34-26(39)36(35-24)25-18(29)3-2-9-31-25)33-15-6-4-14(5-7-15)23(30)32-13-20(37)38/h2-7,9,11-12,22,33H,8,10,13,29H2,1H3,(H2,30,32)(H,37,38)(H,34,35,39)/t22-/m0/s1. The van der Waals surface area contributed by atoms with Crippen LogP contribution in [0, 0.1) is 5.82 Å². The Hall–Kier alpha value is -5.47. The molecule has 0 bridgehead atoms. The maximum absolute atomic E-state index is 15.8. The van der Waals surface area contributed by atoms with Gasteiger partial charge in [-0.25, -0.2) is 18.6 Å². The van der Waals surface area contributed by atoms with E-state index in [1.807, 2.05) is 0 Å². The molecular formula is C26H26F2N8O5. The van der Waals surface area contributed by atoms with E-state index in [2.05, 4.69) is 25.4 Å². The molecule has 0 radical (unpaired) electrons. The van der Waals surface area contributed by atoms with Crippen LogP contribution in [-0.2, 0) is 4.79 Å². The Bertz CT molecular complexity index is 1620. The molecule has 0 aliphatic heterocycles. The maximum atomic E-state index is 15.8. The van der Waals surface area contributed by atoms with Gasteiger partial charge in [-0.05, 0) is 42.5 Å². The van der Waals surface area contributed by atoms with Crippen molar-refractivity contribution in [2.24, 2.45) is 10.7 Å². The number of aliphatic imine (C=N–C) groups is 1. The van der Waals surface area contributed by atoms with E-state index in [9.17, 15) is 14.0 Å². The molecular weight excluding hydrogens is 542 g/mol. The van der Waals surface area contributed by atoms with E-state index in [0.29, 0.717) is 11.3 Å². The number of methoxy groups -OCH3 is 1. The number of benzene rings is 2. The number of aromatic nitrogens is 4. The van der Waals surface area contributed by atoms with Crippen LogP contribution >= 0.6 is 0 Å². The summed E-state index contributed by atoms with van der Waals surface area (Å²) < 4.78 is 40.1. The van der Waals surface area contributed by atoms with Crippen molar-refractivity contribution in [2.75, 3.05) is 38.0 Å². The number of alkyl halides is 1. The Kier molecular flexibility index (Phi) is 8.76. The predicted octanol–water partition coefficient (Wildman–Crippen LogP) is 2.03. The van der Waals surface area contributed by atoms with Gasteiger partial charge in [0.2, 0.25) is 0 Å². The Balaban J connectivity index is 1.80. The average molecular weight is 569 g/mol. The molecule has 0 amide bonds. The van der Waals surface area contributed by atoms with Gasteiger partial charge in [0, 0.05) is 29.1 Å². The largest absolute Gasteiger partial charge is 0.497 e. The number of H-pyrrole nitrogens is 1. The number of anilines is 2. The summed E-state index contributed by atoms with van der Waals surface area (Å²) in [4.78, 5) is 34.2. The molecule has 0 spiro atoms. The number of nitrogens with zero attached hydrogens (tertiary/aromatic N) is 4. The van der Waals surface area contributed by atoms with Crippen LogP contribution in [0.3, 0.4) is 0 Å². The zero-order valence-electron chi connectivity index (χ0n) is 21.7. The highest BCUT2D eigenvalue weighted by atomic mass is 19.1. The van der Waals surface area contributed by atoms with Crippen LogP contribution in [0.5, 0.6) is 11.5 Å². The van der Waals surface area contributed by atoms with Crippen LogP contribution in [-0.4, -0.2) is 63.6 Å². The fourth-order valence-corrected chi connectivity index (χ4v) is 3.82. The Morgan fingerprint density at radius 3 is 2.68 bits per heavy atom. The van der Waals surface area contributed by atoms with Crippen molar-refractivity contribution >= 4 is 23.2 Å². The number of pyridine rings is 1. The number of nitrogen functional groups attached to an aromatic ring is 1. The van der Waals surface area contributed by atoms with E-state index in [-0.39, 0.29) is 40.2 Å². The van der Waals surface area contributed by atoms with E-state index in [0.717, 1.165) is 4.68 Å². The first-order valence-corrected chi connectivity index (χ1v) is 12.1. The number of carbonyl (C=O) groups is 1. The minimum atomic E-state index is -1.14. The monoisotopic (exact) mass is 568 g/mol. The van der Waals surface area contributed by atoms with E-state index in [4.69, 9.17) is 26.0 Å². The number of carboxylic acids is 1. The van der Waals surface area contributed by atoms with Gasteiger partial charge in [-0.1, -0.05) is 0 Å². The first-order chi connectivity index (χ1) is 19.7. The lowest BCUT2D eigenvalue weighted by molar-refractivity contribution is -0.135. The van der Waals surface area contributed by atoms with Crippen molar-refractivity contribution < 1.29 is 28.2 Å². The third-order valence-corrected chi connectivity index (χ3v) is 5.72. The van der Waals surface area contributed by atoms with Crippen LogP contribution in [0.25, 0.3) is 5.82 Å². The number of hydrogen-bond acceptors (Lipinski definition) is 9. The molecule has 0 aliphatic carbocycles. The average Bonchev–Trinajstić information content (AvgIpc) is 3.35. The topological polar surface area (TPSA) is 196 Å². The second kappa shape index (κ2) is 12.6. The molecule has 214 valence electrons. The van der Waals surface area contributed by atoms with Gasteiger partial charge in [0.05, 0.1) is 12.8 Å². The summed E-state index contributed by atoms with van der Waals surface area (Å²) in [6.45, 7) is -1.73. The van der Waals surface area contributed by atoms with E-state index in [1.54, 1.807) is 36.4 Å². The second-order valence-corrected chi connectivity index (χ2v) is 8.46. The molecule has 4 aromatic rings. The Morgan fingerprint density at radius 2 is 2.02 bits per heavy atom. The number of aromatic amines is 1. The van der Waals surface area contributed by atoms with Crippen molar-refractivity contribution in [1.82, 2.24) is 19.7 Å². The minimum absolute atomic E-state index is 0.0139. The first-order valence-electron chi connectivity index (χ1n) is 12.1. The second-order valence-electron chi connectivity index (χ2n) is 8.46. The number of hydrogen-bond donors (Lipinski definition) is 5. The minimum Gasteiger partial charge on any atom is -0.497 e. The van der Waals surface area contributed by atoms with Crippen molar-refractivity contribution in [2.45, 2.75) is 6.04 Å². The normalized spacial score (nSPS) is 12.1. The summed E-state index contributed by atoms with van der Waals surface area (Å²) in [5.74, 6) is -1.98. The molecule has 0 aliphatic rings. The Morgan fingerprint density at radius 1 is 1.27 bits per heavy atom. The van der Waals surface area contributed by atoms with E-state index >= 15 is 4.39 Å². The molecule has 0 unspecified atom stereocenters. The zero-order chi connectivity index (χ0) is 29.5. The van der Waals surface area contributed by atoms with Gasteiger partial charge in [-0.3, -0.25) is 14.8 Å². The van der Waals surface area contributed by atoms with Crippen LogP contribution in [0.1, 0.15) is 23.0 Å². The van der Waals surface area contributed by atoms with Gasteiger partial charge in [0.25, 0.3) is 0 Å². The smallest absolute Gasteiger partial charge is 0.349 e. The summed E-state index contributed by atoms with van der Waals surface area (Å²) >= 11 is 0. The summed E-state index contributed by atoms with van der Waals surface area (Å²) in [6.07, 6.45) is 1.44. The van der Waals surface area contributed by atoms with Gasteiger partial charge in [0.15, 0.2) is 23.2 Å². The van der Waals surface area contributed by atoms with Crippen molar-refractivity contribution in [3.63, 3.8) is 0 Å². The molecule has 1 atom stereocenters. The van der Waals surface area contributed by atoms with Crippen molar-refractivity contribution in [3.05, 3.63) is 88.0 Å². The quantitative estimate of drug-likeness (QED) is 0.125. The molecule has 13 nitrogen and oxygen atoms in total. The van der Waals surface area contributed by atoms with Crippen molar-refractivity contribution in [1.29, 1.82) is 0 Å². The van der Waals surface area contributed by atoms with Gasteiger partial charge < -0.3 is 31.4 Å². The first kappa shape index (κ1) is 28.5.